The molecular weight excluding hydrogens is 276 g/mol. The Hall–Kier alpha value is -2.46. The number of aromatic nitrogens is 2. The topological polar surface area (TPSA) is 55.2 Å². The highest BCUT2D eigenvalue weighted by atomic mass is 16.5. The number of hydrogen-bond donors (Lipinski definition) is 1. The van der Waals surface area contributed by atoms with Crippen molar-refractivity contribution < 1.29 is 9.84 Å². The second-order valence-corrected chi connectivity index (χ2v) is 5.39. The minimum absolute atomic E-state index is 0.204. The molecule has 22 heavy (non-hydrogen) atoms. The summed E-state index contributed by atoms with van der Waals surface area (Å²) in [6, 6.07) is 11.5. The van der Waals surface area contributed by atoms with Gasteiger partial charge in [-0.25, -0.2) is 0 Å². The predicted molar refractivity (Wildman–Crippen MR) is 85.9 cm³/mol. The predicted octanol–water partition coefficient (Wildman–Crippen LogP) is 3.36. The van der Waals surface area contributed by atoms with Crippen LogP contribution >= 0.6 is 0 Å². The smallest absolute Gasteiger partial charge is 0.121 e. The maximum absolute atomic E-state index is 10.3. The highest BCUT2D eigenvalue weighted by Gasteiger charge is 2.11. The summed E-state index contributed by atoms with van der Waals surface area (Å²) in [6.45, 7) is 4.24. The molecule has 1 heterocycles. The number of aliphatic hydroxyl groups excluding tert-OH is 1. The molecule has 4 heteroatoms. The van der Waals surface area contributed by atoms with Crippen LogP contribution in [0.4, 0.5) is 0 Å². The first-order valence-electron chi connectivity index (χ1n) is 7.22. The third-order valence-corrected chi connectivity index (χ3v) is 3.63. The molecule has 4 nitrogen and oxygen atoms in total. The van der Waals surface area contributed by atoms with Crippen molar-refractivity contribution in [3.8, 4) is 5.75 Å². The van der Waals surface area contributed by atoms with Crippen molar-refractivity contribution in [1.29, 1.82) is 0 Å². The molecule has 3 rings (SSSR count). The summed E-state index contributed by atoms with van der Waals surface area (Å²) in [5.41, 5.74) is 4.75. The fourth-order valence-corrected chi connectivity index (χ4v) is 2.50. The van der Waals surface area contributed by atoms with Gasteiger partial charge in [0.1, 0.15) is 18.5 Å². The first kappa shape index (κ1) is 14.5. The van der Waals surface area contributed by atoms with E-state index in [4.69, 9.17) is 4.74 Å². The Bertz CT molecular complexity index is 802. The van der Waals surface area contributed by atoms with Gasteiger partial charge in [0.25, 0.3) is 0 Å². The van der Waals surface area contributed by atoms with Gasteiger partial charge in [0, 0.05) is 18.5 Å². The number of rotatable bonds is 4. The molecule has 1 unspecified atom stereocenters. The van der Waals surface area contributed by atoms with Crippen LogP contribution in [0.15, 0.2) is 48.8 Å². The molecule has 0 saturated heterocycles. The van der Waals surface area contributed by atoms with Crippen molar-refractivity contribution in [2.75, 3.05) is 6.61 Å². The molecule has 0 aliphatic heterocycles. The van der Waals surface area contributed by atoms with E-state index in [0.29, 0.717) is 5.75 Å². The second kappa shape index (κ2) is 6.12. The van der Waals surface area contributed by atoms with E-state index >= 15 is 0 Å². The number of aliphatic hydroxyl groups is 1. The molecular formula is C18H18N2O2. The van der Waals surface area contributed by atoms with Crippen LogP contribution < -0.4 is 4.74 Å². The quantitative estimate of drug-likeness (QED) is 0.801. The average molecular weight is 294 g/mol. The molecule has 0 aliphatic carbocycles. The van der Waals surface area contributed by atoms with Gasteiger partial charge in [-0.3, -0.25) is 9.97 Å². The van der Waals surface area contributed by atoms with E-state index in [-0.39, 0.29) is 6.61 Å². The van der Waals surface area contributed by atoms with Gasteiger partial charge in [0.05, 0.1) is 11.0 Å². The van der Waals surface area contributed by atoms with E-state index in [1.165, 1.54) is 5.56 Å². The summed E-state index contributed by atoms with van der Waals surface area (Å²) in [6.07, 6.45) is 2.65. The van der Waals surface area contributed by atoms with Gasteiger partial charge in [-0.15, -0.1) is 0 Å². The van der Waals surface area contributed by atoms with Crippen molar-refractivity contribution in [2.45, 2.75) is 20.0 Å². The lowest BCUT2D eigenvalue weighted by molar-refractivity contribution is 0.108. The number of hydrogen-bond acceptors (Lipinski definition) is 4. The van der Waals surface area contributed by atoms with Crippen molar-refractivity contribution in [3.05, 3.63) is 65.5 Å². The van der Waals surface area contributed by atoms with Crippen LogP contribution in [0.25, 0.3) is 11.0 Å². The molecule has 2 aromatic carbocycles. The van der Waals surface area contributed by atoms with E-state index in [1.54, 1.807) is 12.4 Å². The van der Waals surface area contributed by atoms with Crippen molar-refractivity contribution in [1.82, 2.24) is 9.97 Å². The summed E-state index contributed by atoms with van der Waals surface area (Å²) in [4.78, 5) is 8.46. The van der Waals surface area contributed by atoms with Crippen LogP contribution in [0.5, 0.6) is 5.75 Å². The molecule has 112 valence electrons. The van der Waals surface area contributed by atoms with E-state index in [9.17, 15) is 5.11 Å². The second-order valence-electron chi connectivity index (χ2n) is 5.39. The molecule has 1 atom stereocenters. The fourth-order valence-electron chi connectivity index (χ4n) is 2.50. The number of aryl methyl sites for hydroxylation is 2. The summed E-state index contributed by atoms with van der Waals surface area (Å²) in [5.74, 6) is 0.678. The monoisotopic (exact) mass is 294 g/mol. The zero-order chi connectivity index (χ0) is 15.5. The van der Waals surface area contributed by atoms with Crippen molar-refractivity contribution >= 4 is 11.0 Å². The Kier molecular flexibility index (Phi) is 4.02. The van der Waals surface area contributed by atoms with Gasteiger partial charge >= 0.3 is 0 Å². The van der Waals surface area contributed by atoms with Crippen molar-refractivity contribution in [2.24, 2.45) is 0 Å². The summed E-state index contributed by atoms with van der Waals surface area (Å²) in [7, 11) is 0. The number of ether oxygens (including phenoxy) is 1. The van der Waals surface area contributed by atoms with E-state index in [2.05, 4.69) is 16.0 Å². The lowest BCUT2D eigenvalue weighted by Crippen LogP contribution is -2.11. The molecule has 0 radical (unpaired) electrons. The first-order chi connectivity index (χ1) is 10.6. The largest absolute Gasteiger partial charge is 0.490 e. The maximum Gasteiger partial charge on any atom is 0.121 e. The molecule has 1 N–H and O–H groups in total. The highest BCUT2D eigenvalue weighted by Crippen LogP contribution is 2.22. The molecule has 0 saturated carbocycles. The summed E-state index contributed by atoms with van der Waals surface area (Å²) in [5, 5.41) is 10.3. The molecule has 0 spiro atoms. The normalized spacial score (nSPS) is 12.3. The summed E-state index contributed by atoms with van der Waals surface area (Å²) >= 11 is 0. The van der Waals surface area contributed by atoms with Crippen LogP contribution in [0.2, 0.25) is 0 Å². The highest BCUT2D eigenvalue weighted by molar-refractivity contribution is 5.75. The minimum atomic E-state index is -0.654. The van der Waals surface area contributed by atoms with Crippen LogP contribution in [0.1, 0.15) is 22.8 Å². The van der Waals surface area contributed by atoms with Gasteiger partial charge in [-0.05, 0) is 37.1 Å². The molecule has 3 aromatic rings. The van der Waals surface area contributed by atoms with Gasteiger partial charge < -0.3 is 9.84 Å². The van der Waals surface area contributed by atoms with Crippen molar-refractivity contribution in [3.63, 3.8) is 0 Å². The number of benzene rings is 2. The van der Waals surface area contributed by atoms with Gasteiger partial charge in [-0.1, -0.05) is 23.8 Å². The fraction of sp³-hybridized carbons (Fsp3) is 0.222. The molecule has 1 aromatic heterocycles. The molecule has 0 aliphatic rings. The number of nitrogens with zero attached hydrogens (tertiary/aromatic N) is 2. The van der Waals surface area contributed by atoms with Gasteiger partial charge in [0.2, 0.25) is 0 Å². The Labute approximate surface area is 129 Å². The Balaban J connectivity index is 1.72. The molecule has 0 bridgehead atoms. The van der Waals surface area contributed by atoms with Crippen LogP contribution in [-0.4, -0.2) is 21.7 Å². The van der Waals surface area contributed by atoms with Crippen LogP contribution in [0.3, 0.4) is 0 Å². The Morgan fingerprint density at radius 3 is 2.55 bits per heavy atom. The van der Waals surface area contributed by atoms with Crippen LogP contribution in [-0.2, 0) is 0 Å². The van der Waals surface area contributed by atoms with E-state index < -0.39 is 6.10 Å². The molecule has 0 amide bonds. The summed E-state index contributed by atoms with van der Waals surface area (Å²) < 4.78 is 5.70. The lowest BCUT2D eigenvalue weighted by Gasteiger charge is -2.15. The SMILES string of the molecule is Cc1ccc(C(O)COc2ccc3nccnc3c2)c(C)c1. The van der Waals surface area contributed by atoms with E-state index in [1.807, 2.05) is 44.2 Å². The number of fused-ring (bicyclic) bond motifs is 1. The molecule has 0 fully saturated rings. The Morgan fingerprint density at radius 1 is 1.00 bits per heavy atom. The standard InChI is InChI=1S/C18H18N2O2/c1-12-3-5-15(13(2)9-12)18(21)11-22-14-4-6-16-17(10-14)20-8-7-19-16/h3-10,18,21H,11H2,1-2H3. The van der Waals surface area contributed by atoms with E-state index in [0.717, 1.165) is 22.2 Å². The van der Waals surface area contributed by atoms with Gasteiger partial charge in [-0.2, -0.15) is 0 Å². The lowest BCUT2D eigenvalue weighted by atomic mass is 10.0. The third kappa shape index (κ3) is 3.07. The first-order valence-corrected chi connectivity index (χ1v) is 7.22. The average Bonchev–Trinajstić information content (AvgIpc) is 2.52. The maximum atomic E-state index is 10.3. The third-order valence-electron chi connectivity index (χ3n) is 3.63. The minimum Gasteiger partial charge on any atom is -0.490 e. The Morgan fingerprint density at radius 2 is 1.77 bits per heavy atom. The zero-order valence-electron chi connectivity index (χ0n) is 12.7. The van der Waals surface area contributed by atoms with Crippen LogP contribution in [0, 0.1) is 13.8 Å². The zero-order valence-corrected chi connectivity index (χ0v) is 12.7. The van der Waals surface area contributed by atoms with Gasteiger partial charge in [0.15, 0.2) is 0 Å².